The van der Waals surface area contributed by atoms with Crippen molar-refractivity contribution in [1.82, 2.24) is 5.32 Å². The maximum Gasteiger partial charge on any atom is 0.0556 e. The number of nitrogens with one attached hydrogen (secondary N) is 1. The van der Waals surface area contributed by atoms with Crippen LogP contribution in [0.3, 0.4) is 0 Å². The minimum absolute atomic E-state index is 0.115. The normalized spacial score (nSPS) is 12.8. The average molecular weight is 273 g/mol. The third-order valence-electron chi connectivity index (χ3n) is 2.32. The number of aryl methyl sites for hydroxylation is 1. The Morgan fingerprint density at radius 2 is 2.27 bits per heavy atom. The van der Waals surface area contributed by atoms with Crippen molar-refractivity contribution < 1.29 is 5.11 Å². The van der Waals surface area contributed by atoms with Crippen LogP contribution >= 0.6 is 15.9 Å². The lowest BCUT2D eigenvalue weighted by atomic mass is 10.0. The zero-order chi connectivity index (χ0) is 11.3. The zero-order valence-corrected chi connectivity index (χ0v) is 10.4. The topological polar surface area (TPSA) is 58.3 Å². The van der Waals surface area contributed by atoms with Crippen LogP contribution in [0.15, 0.2) is 22.7 Å². The highest BCUT2D eigenvalue weighted by atomic mass is 79.9. The van der Waals surface area contributed by atoms with Gasteiger partial charge in [0.25, 0.3) is 0 Å². The van der Waals surface area contributed by atoms with Gasteiger partial charge in [-0.3, -0.25) is 0 Å². The molecule has 84 valence electrons. The fourth-order valence-electron chi connectivity index (χ4n) is 1.46. The van der Waals surface area contributed by atoms with Crippen molar-refractivity contribution in [3.8, 4) is 0 Å². The monoisotopic (exact) mass is 272 g/mol. The summed E-state index contributed by atoms with van der Waals surface area (Å²) in [5.41, 5.74) is 8.03. The SMILES string of the molecule is Cc1cc(C(CN)NCCO)ccc1Br. The second-order valence-corrected chi connectivity index (χ2v) is 4.33. The molecule has 0 aliphatic rings. The van der Waals surface area contributed by atoms with Crippen LogP contribution in [0, 0.1) is 6.92 Å². The van der Waals surface area contributed by atoms with E-state index in [1.165, 1.54) is 5.56 Å². The highest BCUT2D eigenvalue weighted by molar-refractivity contribution is 9.10. The molecule has 1 aromatic rings. The summed E-state index contributed by atoms with van der Waals surface area (Å²) in [7, 11) is 0. The maximum atomic E-state index is 8.75. The molecule has 4 heteroatoms. The molecule has 0 saturated carbocycles. The van der Waals surface area contributed by atoms with E-state index in [1.807, 2.05) is 19.1 Å². The summed E-state index contributed by atoms with van der Waals surface area (Å²) < 4.78 is 1.10. The first-order valence-corrected chi connectivity index (χ1v) is 5.78. The molecule has 0 radical (unpaired) electrons. The van der Waals surface area contributed by atoms with Crippen molar-refractivity contribution in [3.05, 3.63) is 33.8 Å². The lowest BCUT2D eigenvalue weighted by molar-refractivity contribution is 0.285. The first-order valence-electron chi connectivity index (χ1n) is 4.99. The second-order valence-electron chi connectivity index (χ2n) is 3.47. The van der Waals surface area contributed by atoms with Crippen molar-refractivity contribution in [1.29, 1.82) is 0 Å². The molecule has 1 atom stereocenters. The Hall–Kier alpha value is -0.420. The molecule has 15 heavy (non-hydrogen) atoms. The molecule has 3 nitrogen and oxygen atoms in total. The number of benzene rings is 1. The van der Waals surface area contributed by atoms with E-state index in [2.05, 4.69) is 27.3 Å². The lowest BCUT2D eigenvalue weighted by Crippen LogP contribution is -2.30. The van der Waals surface area contributed by atoms with Gasteiger partial charge >= 0.3 is 0 Å². The molecule has 0 aliphatic carbocycles. The molecule has 0 aromatic heterocycles. The van der Waals surface area contributed by atoms with Gasteiger partial charge in [-0.2, -0.15) is 0 Å². The lowest BCUT2D eigenvalue weighted by Gasteiger charge is -2.17. The third kappa shape index (κ3) is 3.57. The fourth-order valence-corrected chi connectivity index (χ4v) is 1.71. The van der Waals surface area contributed by atoms with Crippen LogP contribution in [0.2, 0.25) is 0 Å². The number of rotatable bonds is 5. The molecule has 0 saturated heterocycles. The molecule has 1 rings (SSSR count). The van der Waals surface area contributed by atoms with Crippen LogP contribution in [0.1, 0.15) is 17.2 Å². The molecule has 0 amide bonds. The Morgan fingerprint density at radius 3 is 2.80 bits per heavy atom. The van der Waals surface area contributed by atoms with E-state index in [0.29, 0.717) is 13.1 Å². The highest BCUT2D eigenvalue weighted by Crippen LogP contribution is 2.20. The van der Waals surface area contributed by atoms with Crippen LogP contribution in [-0.4, -0.2) is 24.8 Å². The average Bonchev–Trinajstić information content (AvgIpc) is 2.24. The predicted molar refractivity (Wildman–Crippen MR) is 65.8 cm³/mol. The molecule has 0 fully saturated rings. The van der Waals surface area contributed by atoms with E-state index in [-0.39, 0.29) is 12.6 Å². The second kappa shape index (κ2) is 6.23. The molecule has 4 N–H and O–H groups in total. The zero-order valence-electron chi connectivity index (χ0n) is 8.83. The summed E-state index contributed by atoms with van der Waals surface area (Å²) in [6, 6.07) is 6.28. The van der Waals surface area contributed by atoms with Crippen molar-refractivity contribution in [3.63, 3.8) is 0 Å². The molecule has 0 bridgehead atoms. The Kier molecular flexibility index (Phi) is 5.25. The fraction of sp³-hybridized carbons (Fsp3) is 0.455. The van der Waals surface area contributed by atoms with Crippen molar-refractivity contribution >= 4 is 15.9 Å². The number of halogens is 1. The van der Waals surface area contributed by atoms with E-state index in [4.69, 9.17) is 10.8 Å². The summed E-state index contributed by atoms with van der Waals surface area (Å²) >= 11 is 3.46. The van der Waals surface area contributed by atoms with Gasteiger partial charge in [0.1, 0.15) is 0 Å². The largest absolute Gasteiger partial charge is 0.395 e. The number of hydrogen-bond acceptors (Lipinski definition) is 3. The molecular formula is C11H17BrN2O. The molecule has 0 spiro atoms. The molecule has 1 unspecified atom stereocenters. The van der Waals surface area contributed by atoms with Crippen LogP contribution in [0.5, 0.6) is 0 Å². The number of aliphatic hydroxyl groups is 1. The van der Waals surface area contributed by atoms with Gasteiger partial charge in [0.15, 0.2) is 0 Å². The Morgan fingerprint density at radius 1 is 1.53 bits per heavy atom. The Balaban J connectivity index is 2.78. The standard InChI is InChI=1S/C11H17BrN2O/c1-8-6-9(2-3-10(8)12)11(7-13)14-4-5-15/h2-3,6,11,14-15H,4-5,7,13H2,1H3. The summed E-state index contributed by atoms with van der Waals surface area (Å²) in [5, 5.41) is 11.9. The summed E-state index contributed by atoms with van der Waals surface area (Å²) in [6.45, 7) is 3.28. The van der Waals surface area contributed by atoms with Crippen LogP contribution in [0.25, 0.3) is 0 Å². The maximum absolute atomic E-state index is 8.75. The molecule has 0 aliphatic heterocycles. The van der Waals surface area contributed by atoms with Gasteiger partial charge in [-0.05, 0) is 24.1 Å². The van der Waals surface area contributed by atoms with Gasteiger partial charge in [0.05, 0.1) is 6.61 Å². The summed E-state index contributed by atoms with van der Waals surface area (Å²) in [6.07, 6.45) is 0. The highest BCUT2D eigenvalue weighted by Gasteiger charge is 2.09. The quantitative estimate of drug-likeness (QED) is 0.758. The number of aliphatic hydroxyl groups excluding tert-OH is 1. The first-order chi connectivity index (χ1) is 7.19. The Bertz CT molecular complexity index is 317. The Labute approximate surface area is 98.8 Å². The molecule has 0 heterocycles. The predicted octanol–water partition coefficient (Wildman–Crippen LogP) is 1.34. The van der Waals surface area contributed by atoms with E-state index in [1.54, 1.807) is 0 Å². The van der Waals surface area contributed by atoms with Crippen molar-refractivity contribution in [2.75, 3.05) is 19.7 Å². The van der Waals surface area contributed by atoms with E-state index in [9.17, 15) is 0 Å². The van der Waals surface area contributed by atoms with Gasteiger partial charge < -0.3 is 16.2 Å². The first kappa shape index (κ1) is 12.6. The molecular weight excluding hydrogens is 256 g/mol. The number of hydrogen-bond donors (Lipinski definition) is 3. The van der Waals surface area contributed by atoms with Crippen LogP contribution in [0.4, 0.5) is 0 Å². The minimum atomic E-state index is 0.115. The number of nitrogens with two attached hydrogens (primary N) is 1. The minimum Gasteiger partial charge on any atom is -0.395 e. The smallest absolute Gasteiger partial charge is 0.0556 e. The van der Waals surface area contributed by atoms with E-state index < -0.39 is 0 Å². The van der Waals surface area contributed by atoms with Crippen molar-refractivity contribution in [2.24, 2.45) is 5.73 Å². The molecule has 1 aromatic carbocycles. The van der Waals surface area contributed by atoms with Gasteiger partial charge in [-0.25, -0.2) is 0 Å². The van der Waals surface area contributed by atoms with Gasteiger partial charge in [-0.1, -0.05) is 28.1 Å². The van der Waals surface area contributed by atoms with Gasteiger partial charge in [0.2, 0.25) is 0 Å². The summed E-state index contributed by atoms with van der Waals surface area (Å²) in [5.74, 6) is 0. The summed E-state index contributed by atoms with van der Waals surface area (Å²) in [4.78, 5) is 0. The van der Waals surface area contributed by atoms with Gasteiger partial charge in [-0.15, -0.1) is 0 Å². The van der Waals surface area contributed by atoms with E-state index >= 15 is 0 Å². The van der Waals surface area contributed by atoms with E-state index in [0.717, 1.165) is 10.0 Å². The van der Waals surface area contributed by atoms with Gasteiger partial charge in [0, 0.05) is 23.6 Å². The van der Waals surface area contributed by atoms with Crippen LogP contribution < -0.4 is 11.1 Å². The van der Waals surface area contributed by atoms with Crippen molar-refractivity contribution in [2.45, 2.75) is 13.0 Å². The van der Waals surface area contributed by atoms with Crippen LogP contribution in [-0.2, 0) is 0 Å². The third-order valence-corrected chi connectivity index (χ3v) is 3.21.